The minimum atomic E-state index is -1.28. The summed E-state index contributed by atoms with van der Waals surface area (Å²) in [5, 5.41) is 9.74. The summed E-state index contributed by atoms with van der Waals surface area (Å²) in [6, 6.07) is 7.25. The van der Waals surface area contributed by atoms with Crippen molar-refractivity contribution < 1.29 is 14.6 Å². The Kier molecular flexibility index (Phi) is 3.78. The van der Waals surface area contributed by atoms with E-state index in [-0.39, 0.29) is 5.92 Å². The Morgan fingerprint density at radius 3 is 2.30 bits per heavy atom. The van der Waals surface area contributed by atoms with E-state index >= 15 is 0 Å². The fourth-order valence-corrected chi connectivity index (χ4v) is 3.12. The highest BCUT2D eigenvalue weighted by molar-refractivity contribution is 6.49. The quantitative estimate of drug-likeness (QED) is 0.855. The predicted octanol–water partition coefficient (Wildman–Crippen LogP) is 3.99. The molecule has 0 saturated heterocycles. The Labute approximate surface area is 128 Å². The number of aliphatic carboxylic acids is 1. The highest BCUT2D eigenvalue weighted by Crippen LogP contribution is 2.67. The van der Waals surface area contributed by atoms with Gasteiger partial charge in [0.1, 0.15) is 5.75 Å². The molecule has 0 spiro atoms. The molecule has 0 bridgehead atoms. The van der Waals surface area contributed by atoms with E-state index in [2.05, 4.69) is 0 Å². The molecule has 1 aliphatic rings. The van der Waals surface area contributed by atoms with Crippen LogP contribution in [0.1, 0.15) is 19.4 Å². The van der Waals surface area contributed by atoms with E-state index < -0.39 is 16.3 Å². The summed E-state index contributed by atoms with van der Waals surface area (Å²) in [5.74, 6) is -0.574. The second-order valence-corrected chi connectivity index (χ2v) is 6.46. The SMILES string of the molecule is COc1ccc(C(Cl)=CC2C(C)(C)C2(Cl)C(=O)O)cc1. The molecule has 1 saturated carbocycles. The Hall–Kier alpha value is -1.19. The molecule has 0 aromatic heterocycles. The summed E-state index contributed by atoms with van der Waals surface area (Å²) in [4.78, 5) is 10.0. The molecule has 2 rings (SSSR count). The van der Waals surface area contributed by atoms with Crippen molar-refractivity contribution in [3.63, 3.8) is 0 Å². The minimum Gasteiger partial charge on any atom is -0.497 e. The molecule has 2 unspecified atom stereocenters. The predicted molar refractivity (Wildman–Crippen MR) is 80.3 cm³/mol. The van der Waals surface area contributed by atoms with Crippen molar-refractivity contribution in [2.24, 2.45) is 11.3 Å². The third-order valence-corrected chi connectivity index (χ3v) is 5.28. The summed E-state index contributed by atoms with van der Waals surface area (Å²) in [6.07, 6.45) is 1.73. The van der Waals surface area contributed by atoms with Gasteiger partial charge in [0.25, 0.3) is 0 Å². The third-order valence-electron chi connectivity index (χ3n) is 4.05. The number of benzene rings is 1. The number of ether oxygens (including phenoxy) is 1. The van der Waals surface area contributed by atoms with E-state index in [0.29, 0.717) is 5.03 Å². The average molecular weight is 315 g/mol. The molecule has 0 aliphatic heterocycles. The lowest BCUT2D eigenvalue weighted by Crippen LogP contribution is -2.21. The molecule has 1 aliphatic carbocycles. The Morgan fingerprint density at radius 2 is 1.90 bits per heavy atom. The van der Waals surface area contributed by atoms with Crippen molar-refractivity contribution in [2.75, 3.05) is 7.11 Å². The number of halogens is 2. The zero-order valence-electron chi connectivity index (χ0n) is 11.5. The van der Waals surface area contributed by atoms with Crippen LogP contribution >= 0.6 is 23.2 Å². The van der Waals surface area contributed by atoms with Gasteiger partial charge in [-0.2, -0.15) is 0 Å². The Morgan fingerprint density at radius 1 is 1.35 bits per heavy atom. The molecule has 1 aromatic rings. The van der Waals surface area contributed by atoms with Gasteiger partial charge in [-0.25, -0.2) is 0 Å². The van der Waals surface area contributed by atoms with Crippen LogP contribution in [0.3, 0.4) is 0 Å². The van der Waals surface area contributed by atoms with Gasteiger partial charge >= 0.3 is 5.97 Å². The van der Waals surface area contributed by atoms with E-state index in [1.165, 1.54) is 0 Å². The first kappa shape index (κ1) is 15.2. The summed E-state index contributed by atoms with van der Waals surface area (Å²) in [6.45, 7) is 3.65. The van der Waals surface area contributed by atoms with Gasteiger partial charge in [-0.15, -0.1) is 11.6 Å². The fourth-order valence-electron chi connectivity index (χ4n) is 2.47. The monoisotopic (exact) mass is 314 g/mol. The minimum absolute atomic E-state index is 0.302. The van der Waals surface area contributed by atoms with Crippen molar-refractivity contribution in [1.82, 2.24) is 0 Å². The number of allylic oxidation sites excluding steroid dienone is 1. The molecule has 1 N–H and O–H groups in total. The average Bonchev–Trinajstić information content (AvgIpc) is 2.85. The Balaban J connectivity index is 2.25. The van der Waals surface area contributed by atoms with Crippen LogP contribution in [0.25, 0.3) is 5.03 Å². The molecule has 0 heterocycles. The van der Waals surface area contributed by atoms with Crippen LogP contribution in [0.2, 0.25) is 0 Å². The van der Waals surface area contributed by atoms with E-state index in [0.717, 1.165) is 11.3 Å². The van der Waals surface area contributed by atoms with Crippen LogP contribution in [0.4, 0.5) is 0 Å². The molecule has 3 nitrogen and oxygen atoms in total. The number of hydrogen-bond donors (Lipinski definition) is 1. The van der Waals surface area contributed by atoms with Gasteiger partial charge in [0.05, 0.1) is 7.11 Å². The van der Waals surface area contributed by atoms with Gasteiger partial charge in [0.15, 0.2) is 4.87 Å². The second-order valence-electron chi connectivity index (χ2n) is 5.46. The molecule has 1 aromatic carbocycles. The van der Waals surface area contributed by atoms with Gasteiger partial charge in [0.2, 0.25) is 0 Å². The topological polar surface area (TPSA) is 46.5 Å². The van der Waals surface area contributed by atoms with Gasteiger partial charge in [-0.05, 0) is 29.8 Å². The molecular weight excluding hydrogens is 299 g/mol. The first-order valence-electron chi connectivity index (χ1n) is 6.19. The maximum atomic E-state index is 11.3. The normalized spacial score (nSPS) is 28.1. The lowest BCUT2D eigenvalue weighted by molar-refractivity contribution is -0.138. The van der Waals surface area contributed by atoms with Gasteiger partial charge in [-0.1, -0.05) is 31.5 Å². The van der Waals surface area contributed by atoms with Crippen molar-refractivity contribution in [1.29, 1.82) is 0 Å². The van der Waals surface area contributed by atoms with E-state index in [4.69, 9.17) is 27.9 Å². The molecular formula is C15H16Cl2O3. The van der Waals surface area contributed by atoms with E-state index in [1.807, 2.05) is 26.0 Å². The number of rotatable bonds is 4. The van der Waals surface area contributed by atoms with Crippen molar-refractivity contribution in [2.45, 2.75) is 18.7 Å². The van der Waals surface area contributed by atoms with Crippen LogP contribution in [0.15, 0.2) is 30.3 Å². The van der Waals surface area contributed by atoms with Gasteiger partial charge in [-0.3, -0.25) is 4.79 Å². The van der Waals surface area contributed by atoms with Crippen LogP contribution in [-0.2, 0) is 4.79 Å². The standard InChI is InChI=1S/C15H16Cl2O3/c1-14(2)12(15(14,17)13(18)19)8-11(16)9-4-6-10(20-3)7-5-9/h4-8,12H,1-3H3,(H,18,19). The van der Waals surface area contributed by atoms with Crippen LogP contribution in [0, 0.1) is 11.3 Å². The maximum Gasteiger partial charge on any atom is 0.325 e. The zero-order valence-corrected chi connectivity index (χ0v) is 13.0. The largest absolute Gasteiger partial charge is 0.497 e. The Bertz CT molecular complexity index is 563. The number of carbonyl (C=O) groups is 1. The first-order valence-corrected chi connectivity index (χ1v) is 6.94. The second kappa shape index (κ2) is 4.97. The van der Waals surface area contributed by atoms with Gasteiger partial charge < -0.3 is 9.84 Å². The lowest BCUT2D eigenvalue weighted by atomic mass is 10.1. The first-order chi connectivity index (χ1) is 9.25. The third kappa shape index (κ3) is 2.19. The molecule has 108 valence electrons. The van der Waals surface area contributed by atoms with Crippen LogP contribution < -0.4 is 4.74 Å². The van der Waals surface area contributed by atoms with E-state index in [9.17, 15) is 9.90 Å². The molecule has 20 heavy (non-hydrogen) atoms. The van der Waals surface area contributed by atoms with Crippen molar-refractivity contribution in [3.05, 3.63) is 35.9 Å². The number of hydrogen-bond acceptors (Lipinski definition) is 2. The molecule has 0 radical (unpaired) electrons. The van der Waals surface area contributed by atoms with Gasteiger partial charge in [0, 0.05) is 16.4 Å². The van der Waals surface area contributed by atoms with Crippen molar-refractivity contribution in [3.8, 4) is 5.75 Å². The molecule has 2 atom stereocenters. The van der Waals surface area contributed by atoms with Crippen molar-refractivity contribution >= 4 is 34.2 Å². The molecule has 1 fully saturated rings. The molecule has 0 amide bonds. The number of carboxylic acids is 1. The van der Waals surface area contributed by atoms with Crippen LogP contribution in [0.5, 0.6) is 5.75 Å². The highest BCUT2D eigenvalue weighted by Gasteiger charge is 2.74. The summed E-state index contributed by atoms with van der Waals surface area (Å²) in [5.41, 5.74) is 0.284. The number of alkyl halides is 1. The summed E-state index contributed by atoms with van der Waals surface area (Å²) < 4.78 is 5.08. The highest BCUT2D eigenvalue weighted by atomic mass is 35.5. The van der Waals surface area contributed by atoms with E-state index in [1.54, 1.807) is 25.3 Å². The smallest absolute Gasteiger partial charge is 0.325 e. The fraction of sp³-hybridized carbons (Fsp3) is 0.400. The summed E-state index contributed by atoms with van der Waals surface area (Å²) in [7, 11) is 1.59. The molecule has 5 heteroatoms. The lowest BCUT2D eigenvalue weighted by Gasteiger charge is -2.04. The maximum absolute atomic E-state index is 11.3. The number of methoxy groups -OCH3 is 1. The van der Waals surface area contributed by atoms with Crippen LogP contribution in [-0.4, -0.2) is 23.1 Å². The zero-order chi connectivity index (χ0) is 15.1. The summed E-state index contributed by atoms with van der Waals surface area (Å²) >= 11 is 12.5. The number of carboxylic acid groups (broad SMARTS) is 1.